The average molecular weight is 465 g/mol. The molecule has 0 aromatic heterocycles. The van der Waals surface area contributed by atoms with E-state index in [0.717, 1.165) is 35.1 Å². The summed E-state index contributed by atoms with van der Waals surface area (Å²) in [6.07, 6.45) is 2.20. The molecule has 0 heterocycles. The third kappa shape index (κ3) is 5.37. The molecule has 0 atom stereocenters. The standard InChI is InChI=1S/C27H25ClO5/c1-17-13-22(27(30)33-15-18-7-4-3-5-8-18)24(28)14-25(17)32-16-23-20(19-11-12-19)9-6-10-21(23)26(29)31-2/h3-10,13-14,19H,11-12,15-16H2,1-2H3. The van der Waals surface area contributed by atoms with E-state index in [1.54, 1.807) is 18.2 Å². The second kappa shape index (κ2) is 10.1. The fourth-order valence-electron chi connectivity index (χ4n) is 3.77. The Balaban J connectivity index is 1.50. The number of hydrogen-bond donors (Lipinski definition) is 0. The molecule has 4 rings (SSSR count). The van der Waals surface area contributed by atoms with Crippen LogP contribution in [0.2, 0.25) is 5.02 Å². The quantitative estimate of drug-likeness (QED) is 0.369. The third-order valence-corrected chi connectivity index (χ3v) is 6.02. The molecule has 0 bridgehead atoms. The van der Waals surface area contributed by atoms with Gasteiger partial charge in [0.1, 0.15) is 19.0 Å². The second-order valence-corrected chi connectivity index (χ2v) is 8.49. The van der Waals surface area contributed by atoms with Crippen molar-refractivity contribution in [3.63, 3.8) is 0 Å². The van der Waals surface area contributed by atoms with Crippen LogP contribution in [0.3, 0.4) is 0 Å². The smallest absolute Gasteiger partial charge is 0.339 e. The van der Waals surface area contributed by atoms with E-state index in [9.17, 15) is 9.59 Å². The van der Waals surface area contributed by atoms with Crippen LogP contribution < -0.4 is 4.74 Å². The van der Waals surface area contributed by atoms with Gasteiger partial charge in [-0.15, -0.1) is 0 Å². The van der Waals surface area contributed by atoms with Gasteiger partial charge in [0.2, 0.25) is 0 Å². The van der Waals surface area contributed by atoms with Crippen LogP contribution in [0.1, 0.15) is 61.7 Å². The summed E-state index contributed by atoms with van der Waals surface area (Å²) in [6, 6.07) is 18.4. The number of aryl methyl sites for hydroxylation is 1. The average Bonchev–Trinajstić information content (AvgIpc) is 3.68. The maximum Gasteiger partial charge on any atom is 0.339 e. The monoisotopic (exact) mass is 464 g/mol. The van der Waals surface area contributed by atoms with Crippen LogP contribution in [0.25, 0.3) is 0 Å². The fraction of sp³-hybridized carbons (Fsp3) is 0.259. The summed E-state index contributed by atoms with van der Waals surface area (Å²) in [5.74, 6) is 0.105. The molecule has 0 N–H and O–H groups in total. The molecule has 1 aliphatic carbocycles. The lowest BCUT2D eigenvalue weighted by Gasteiger charge is -2.16. The largest absolute Gasteiger partial charge is 0.489 e. The van der Waals surface area contributed by atoms with Crippen molar-refractivity contribution >= 4 is 23.5 Å². The Morgan fingerprint density at radius 3 is 2.39 bits per heavy atom. The van der Waals surface area contributed by atoms with Crippen molar-refractivity contribution in [3.05, 3.63) is 99.1 Å². The van der Waals surface area contributed by atoms with Crippen molar-refractivity contribution in [1.29, 1.82) is 0 Å². The van der Waals surface area contributed by atoms with E-state index in [4.69, 9.17) is 25.8 Å². The fourth-order valence-corrected chi connectivity index (χ4v) is 4.00. The topological polar surface area (TPSA) is 61.8 Å². The van der Waals surface area contributed by atoms with E-state index in [2.05, 4.69) is 0 Å². The van der Waals surface area contributed by atoms with Crippen LogP contribution in [-0.2, 0) is 22.7 Å². The van der Waals surface area contributed by atoms with E-state index in [0.29, 0.717) is 17.2 Å². The van der Waals surface area contributed by atoms with Crippen LogP contribution in [0.5, 0.6) is 5.75 Å². The Bertz CT molecular complexity index is 1170. The van der Waals surface area contributed by atoms with Crippen LogP contribution in [0, 0.1) is 6.92 Å². The lowest BCUT2D eigenvalue weighted by atomic mass is 9.98. The van der Waals surface area contributed by atoms with Gasteiger partial charge in [0.15, 0.2) is 0 Å². The summed E-state index contributed by atoms with van der Waals surface area (Å²) in [7, 11) is 1.37. The van der Waals surface area contributed by atoms with Gasteiger partial charge in [0.25, 0.3) is 0 Å². The van der Waals surface area contributed by atoms with Gasteiger partial charge in [-0.05, 0) is 60.6 Å². The van der Waals surface area contributed by atoms with Gasteiger partial charge >= 0.3 is 11.9 Å². The molecule has 0 aliphatic heterocycles. The van der Waals surface area contributed by atoms with E-state index in [1.165, 1.54) is 7.11 Å². The highest BCUT2D eigenvalue weighted by atomic mass is 35.5. The first-order valence-electron chi connectivity index (χ1n) is 10.8. The van der Waals surface area contributed by atoms with E-state index >= 15 is 0 Å². The predicted octanol–water partition coefficient (Wildman–Crippen LogP) is 6.25. The number of ether oxygens (including phenoxy) is 3. The van der Waals surface area contributed by atoms with Gasteiger partial charge in [0.05, 0.1) is 23.3 Å². The van der Waals surface area contributed by atoms with Crippen molar-refractivity contribution in [2.24, 2.45) is 0 Å². The Morgan fingerprint density at radius 1 is 0.939 bits per heavy atom. The van der Waals surface area contributed by atoms with E-state index in [1.807, 2.05) is 49.4 Å². The minimum Gasteiger partial charge on any atom is -0.489 e. The number of halogens is 1. The molecule has 170 valence electrons. The molecule has 6 heteroatoms. The van der Waals surface area contributed by atoms with Crippen molar-refractivity contribution in [2.75, 3.05) is 7.11 Å². The molecule has 5 nitrogen and oxygen atoms in total. The van der Waals surface area contributed by atoms with Crippen molar-refractivity contribution < 1.29 is 23.8 Å². The molecule has 1 saturated carbocycles. The highest BCUT2D eigenvalue weighted by Gasteiger charge is 2.29. The summed E-state index contributed by atoms with van der Waals surface area (Å²) in [5, 5.41) is 0.248. The van der Waals surface area contributed by atoms with Gasteiger partial charge in [-0.25, -0.2) is 9.59 Å². The van der Waals surface area contributed by atoms with Crippen LogP contribution in [-0.4, -0.2) is 19.0 Å². The normalized spacial score (nSPS) is 12.8. The first-order valence-corrected chi connectivity index (χ1v) is 11.2. The Morgan fingerprint density at radius 2 is 1.70 bits per heavy atom. The molecular weight excluding hydrogens is 440 g/mol. The Kier molecular flexibility index (Phi) is 6.99. The zero-order chi connectivity index (χ0) is 23.4. The van der Waals surface area contributed by atoms with Crippen molar-refractivity contribution in [3.8, 4) is 5.75 Å². The minimum absolute atomic E-state index is 0.168. The summed E-state index contributed by atoms with van der Waals surface area (Å²) in [6.45, 7) is 2.21. The Hall–Kier alpha value is -3.31. The van der Waals surface area contributed by atoms with Crippen LogP contribution >= 0.6 is 11.6 Å². The van der Waals surface area contributed by atoms with E-state index < -0.39 is 5.97 Å². The first kappa shape index (κ1) is 22.9. The van der Waals surface area contributed by atoms with Gasteiger partial charge < -0.3 is 14.2 Å². The first-order chi connectivity index (χ1) is 16.0. The van der Waals surface area contributed by atoms with Gasteiger partial charge in [-0.3, -0.25) is 0 Å². The molecule has 1 fully saturated rings. The summed E-state index contributed by atoms with van der Waals surface area (Å²) >= 11 is 6.40. The number of esters is 2. The number of benzene rings is 3. The summed E-state index contributed by atoms with van der Waals surface area (Å²) in [5.41, 5.74) is 4.37. The highest BCUT2D eigenvalue weighted by Crippen LogP contribution is 2.43. The van der Waals surface area contributed by atoms with Crippen LogP contribution in [0.15, 0.2) is 60.7 Å². The third-order valence-electron chi connectivity index (χ3n) is 5.70. The molecule has 3 aromatic carbocycles. The molecule has 1 aliphatic rings. The lowest BCUT2D eigenvalue weighted by Crippen LogP contribution is -2.11. The van der Waals surface area contributed by atoms with Gasteiger partial charge in [0, 0.05) is 5.56 Å². The van der Waals surface area contributed by atoms with Crippen molar-refractivity contribution in [1.82, 2.24) is 0 Å². The number of hydrogen-bond acceptors (Lipinski definition) is 5. The molecule has 33 heavy (non-hydrogen) atoms. The molecule has 0 amide bonds. The molecule has 3 aromatic rings. The Labute approximate surface area is 198 Å². The minimum atomic E-state index is -0.495. The van der Waals surface area contributed by atoms with Gasteiger partial charge in [-0.2, -0.15) is 0 Å². The predicted molar refractivity (Wildman–Crippen MR) is 126 cm³/mol. The molecule has 0 spiro atoms. The lowest BCUT2D eigenvalue weighted by molar-refractivity contribution is 0.0472. The highest BCUT2D eigenvalue weighted by molar-refractivity contribution is 6.33. The summed E-state index contributed by atoms with van der Waals surface area (Å²) in [4.78, 5) is 24.9. The molecule has 0 radical (unpaired) electrons. The molecule has 0 unspecified atom stereocenters. The number of methoxy groups -OCH3 is 1. The maximum atomic E-state index is 12.6. The number of rotatable bonds is 8. The van der Waals surface area contributed by atoms with Gasteiger partial charge in [-0.1, -0.05) is 54.1 Å². The number of carbonyl (C=O) groups excluding carboxylic acids is 2. The second-order valence-electron chi connectivity index (χ2n) is 8.09. The van der Waals surface area contributed by atoms with E-state index in [-0.39, 0.29) is 29.8 Å². The summed E-state index contributed by atoms with van der Waals surface area (Å²) < 4.78 is 16.4. The molecular formula is C27H25ClO5. The zero-order valence-corrected chi connectivity index (χ0v) is 19.4. The number of carbonyl (C=O) groups is 2. The van der Waals surface area contributed by atoms with Crippen LogP contribution in [0.4, 0.5) is 0 Å². The zero-order valence-electron chi connectivity index (χ0n) is 18.6. The SMILES string of the molecule is COC(=O)c1cccc(C2CC2)c1COc1cc(Cl)c(C(=O)OCc2ccccc2)cc1C. The van der Waals surface area contributed by atoms with Crippen molar-refractivity contribution in [2.45, 2.75) is 38.9 Å². The molecule has 0 saturated heterocycles. The maximum absolute atomic E-state index is 12.6.